The smallest absolute Gasteiger partial charge is 0.134 e. The van der Waals surface area contributed by atoms with Gasteiger partial charge in [-0.2, -0.15) is 0 Å². The molecule has 1 atom stereocenters. The zero-order chi connectivity index (χ0) is 15.1. The molecule has 3 nitrogen and oxygen atoms in total. The minimum absolute atomic E-state index is 0.279. The van der Waals surface area contributed by atoms with E-state index in [0.29, 0.717) is 5.92 Å². The van der Waals surface area contributed by atoms with Crippen molar-refractivity contribution in [2.75, 3.05) is 13.2 Å². The molecule has 0 saturated heterocycles. The summed E-state index contributed by atoms with van der Waals surface area (Å²) in [5, 5.41) is 13.9. The molecule has 116 valence electrons. The Bertz CT molecular complexity index is 541. The summed E-state index contributed by atoms with van der Waals surface area (Å²) in [6, 6.07) is 8.24. The lowest BCUT2D eigenvalue weighted by molar-refractivity contribution is 0.248. The Morgan fingerprint density at radius 1 is 1.19 bits per heavy atom. The second-order valence-electron chi connectivity index (χ2n) is 5.65. The molecule has 0 fully saturated rings. The van der Waals surface area contributed by atoms with Crippen molar-refractivity contribution in [1.29, 1.82) is 0 Å². The summed E-state index contributed by atoms with van der Waals surface area (Å²) < 4.78 is 5.92. The van der Waals surface area contributed by atoms with Gasteiger partial charge in [-0.25, -0.2) is 0 Å². The minimum Gasteiger partial charge on any atom is -0.461 e. The summed E-state index contributed by atoms with van der Waals surface area (Å²) in [6.45, 7) is 6.40. The molecule has 1 aromatic carbocycles. The van der Waals surface area contributed by atoms with Crippen LogP contribution in [0, 0.1) is 5.92 Å². The maximum absolute atomic E-state index is 9.13. The van der Waals surface area contributed by atoms with Crippen molar-refractivity contribution in [3.63, 3.8) is 0 Å². The van der Waals surface area contributed by atoms with E-state index in [1.165, 1.54) is 23.8 Å². The highest BCUT2D eigenvalue weighted by Crippen LogP contribution is 2.26. The van der Waals surface area contributed by atoms with Gasteiger partial charge in [-0.3, -0.25) is 0 Å². The molecule has 1 unspecified atom stereocenters. The molecule has 21 heavy (non-hydrogen) atoms. The van der Waals surface area contributed by atoms with E-state index in [2.05, 4.69) is 31.3 Å². The van der Waals surface area contributed by atoms with Crippen LogP contribution in [-0.2, 0) is 13.0 Å². The fourth-order valence-corrected chi connectivity index (χ4v) is 2.97. The van der Waals surface area contributed by atoms with Gasteiger partial charge in [-0.15, -0.1) is 0 Å². The van der Waals surface area contributed by atoms with E-state index in [1.807, 2.05) is 12.1 Å². The predicted molar refractivity (Wildman–Crippen MR) is 87.4 cm³/mol. The zero-order valence-electron chi connectivity index (χ0n) is 13.2. The second-order valence-corrected chi connectivity index (χ2v) is 5.65. The fraction of sp³-hybridized carbons (Fsp3) is 0.556. The van der Waals surface area contributed by atoms with Crippen molar-refractivity contribution in [1.82, 2.24) is 5.32 Å². The van der Waals surface area contributed by atoms with E-state index in [1.54, 1.807) is 0 Å². The number of aliphatic hydroxyl groups is 1. The standard InChI is InChI=1S/C18H27NO2/c1-3-7-14(10-11-20)12-19-13-16-15-8-5-6-9-18(15)21-17(16)4-2/h5-6,8-9,14,19-20H,3-4,7,10-13H2,1-2H3. The first-order valence-corrected chi connectivity index (χ1v) is 8.10. The molecule has 1 heterocycles. The number of rotatable bonds is 9. The summed E-state index contributed by atoms with van der Waals surface area (Å²) in [5.41, 5.74) is 2.26. The van der Waals surface area contributed by atoms with Crippen LogP contribution in [-0.4, -0.2) is 18.3 Å². The fourth-order valence-electron chi connectivity index (χ4n) is 2.97. The first-order valence-electron chi connectivity index (χ1n) is 8.10. The number of furan rings is 1. The van der Waals surface area contributed by atoms with E-state index in [-0.39, 0.29) is 6.61 Å². The first kappa shape index (κ1) is 16.1. The summed E-state index contributed by atoms with van der Waals surface area (Å²) in [4.78, 5) is 0. The molecule has 0 spiro atoms. The Morgan fingerprint density at radius 3 is 2.71 bits per heavy atom. The second kappa shape index (κ2) is 8.20. The van der Waals surface area contributed by atoms with Crippen molar-refractivity contribution in [3.05, 3.63) is 35.6 Å². The Morgan fingerprint density at radius 2 is 2.00 bits per heavy atom. The molecule has 3 heteroatoms. The number of hydrogen-bond acceptors (Lipinski definition) is 3. The molecule has 2 rings (SSSR count). The Kier molecular flexibility index (Phi) is 6.27. The number of aliphatic hydroxyl groups excluding tert-OH is 1. The molecular weight excluding hydrogens is 262 g/mol. The van der Waals surface area contributed by atoms with E-state index < -0.39 is 0 Å². The lowest BCUT2D eigenvalue weighted by Crippen LogP contribution is -2.23. The number of nitrogens with one attached hydrogen (secondary N) is 1. The topological polar surface area (TPSA) is 45.4 Å². The highest BCUT2D eigenvalue weighted by atomic mass is 16.3. The van der Waals surface area contributed by atoms with Gasteiger partial charge in [0.15, 0.2) is 0 Å². The van der Waals surface area contributed by atoms with Gasteiger partial charge in [0.2, 0.25) is 0 Å². The van der Waals surface area contributed by atoms with E-state index >= 15 is 0 Å². The van der Waals surface area contributed by atoms with Crippen LogP contribution in [0.2, 0.25) is 0 Å². The monoisotopic (exact) mass is 289 g/mol. The van der Waals surface area contributed by atoms with Crippen LogP contribution in [0.5, 0.6) is 0 Å². The summed E-state index contributed by atoms with van der Waals surface area (Å²) >= 11 is 0. The molecule has 2 aromatic rings. The Hall–Kier alpha value is -1.32. The molecule has 0 amide bonds. The van der Waals surface area contributed by atoms with Crippen LogP contribution in [0.3, 0.4) is 0 Å². The lowest BCUT2D eigenvalue weighted by Gasteiger charge is -2.15. The van der Waals surface area contributed by atoms with Gasteiger partial charge in [0.25, 0.3) is 0 Å². The maximum Gasteiger partial charge on any atom is 0.134 e. The number of benzene rings is 1. The number of aryl methyl sites for hydroxylation is 1. The van der Waals surface area contributed by atoms with Crippen LogP contribution in [0.15, 0.2) is 28.7 Å². The van der Waals surface area contributed by atoms with Crippen molar-refractivity contribution >= 4 is 11.0 Å². The van der Waals surface area contributed by atoms with Crippen LogP contribution >= 0.6 is 0 Å². The van der Waals surface area contributed by atoms with Gasteiger partial charge >= 0.3 is 0 Å². The average molecular weight is 289 g/mol. The quantitative estimate of drug-likeness (QED) is 0.736. The van der Waals surface area contributed by atoms with Crippen LogP contribution in [0.1, 0.15) is 44.4 Å². The lowest BCUT2D eigenvalue weighted by atomic mass is 10.00. The predicted octanol–water partition coefficient (Wildman–Crippen LogP) is 3.88. The molecule has 0 bridgehead atoms. The number of para-hydroxylation sites is 1. The molecule has 0 aliphatic heterocycles. The SMILES string of the molecule is CCCC(CCO)CNCc1c(CC)oc2ccccc12. The van der Waals surface area contributed by atoms with Crippen LogP contribution in [0.25, 0.3) is 11.0 Å². The van der Waals surface area contributed by atoms with E-state index in [0.717, 1.165) is 37.3 Å². The third-order valence-electron chi connectivity index (χ3n) is 4.07. The zero-order valence-corrected chi connectivity index (χ0v) is 13.2. The highest BCUT2D eigenvalue weighted by molar-refractivity contribution is 5.82. The van der Waals surface area contributed by atoms with E-state index in [4.69, 9.17) is 9.52 Å². The third kappa shape index (κ3) is 4.08. The molecule has 0 aliphatic carbocycles. The van der Waals surface area contributed by atoms with Gasteiger partial charge < -0.3 is 14.8 Å². The largest absolute Gasteiger partial charge is 0.461 e. The Labute approximate surface area is 127 Å². The molecule has 2 N–H and O–H groups in total. The summed E-state index contributed by atoms with van der Waals surface area (Å²) in [6.07, 6.45) is 4.13. The number of fused-ring (bicyclic) bond motifs is 1. The summed E-state index contributed by atoms with van der Waals surface area (Å²) in [7, 11) is 0. The molecule has 0 radical (unpaired) electrons. The average Bonchev–Trinajstić information content (AvgIpc) is 2.86. The van der Waals surface area contributed by atoms with Crippen LogP contribution in [0.4, 0.5) is 0 Å². The van der Waals surface area contributed by atoms with Crippen molar-refractivity contribution < 1.29 is 9.52 Å². The third-order valence-corrected chi connectivity index (χ3v) is 4.07. The molecule has 0 aliphatic rings. The maximum atomic E-state index is 9.13. The summed E-state index contributed by atoms with van der Waals surface area (Å²) in [5.74, 6) is 1.64. The van der Waals surface area contributed by atoms with Gasteiger partial charge in [-0.1, -0.05) is 38.5 Å². The molecule has 0 saturated carbocycles. The van der Waals surface area contributed by atoms with Gasteiger partial charge in [0, 0.05) is 30.5 Å². The van der Waals surface area contributed by atoms with Crippen molar-refractivity contribution in [2.45, 2.75) is 46.1 Å². The van der Waals surface area contributed by atoms with Gasteiger partial charge in [-0.05, 0) is 31.4 Å². The Balaban J connectivity index is 2.02. The minimum atomic E-state index is 0.279. The highest BCUT2D eigenvalue weighted by Gasteiger charge is 2.13. The molecular formula is C18H27NO2. The van der Waals surface area contributed by atoms with E-state index in [9.17, 15) is 0 Å². The van der Waals surface area contributed by atoms with Crippen LogP contribution < -0.4 is 5.32 Å². The molecule has 1 aromatic heterocycles. The van der Waals surface area contributed by atoms with Crippen molar-refractivity contribution in [3.8, 4) is 0 Å². The normalized spacial score (nSPS) is 12.9. The van der Waals surface area contributed by atoms with Crippen molar-refractivity contribution in [2.24, 2.45) is 5.92 Å². The van der Waals surface area contributed by atoms with Gasteiger partial charge in [0.05, 0.1) is 0 Å². The number of hydrogen-bond donors (Lipinski definition) is 2. The first-order chi connectivity index (χ1) is 10.3. The van der Waals surface area contributed by atoms with Gasteiger partial charge in [0.1, 0.15) is 11.3 Å².